The van der Waals surface area contributed by atoms with Gasteiger partial charge < -0.3 is 9.67 Å². The predicted molar refractivity (Wildman–Crippen MR) is 56.9 cm³/mol. The van der Waals surface area contributed by atoms with Crippen LogP contribution >= 0.6 is 0 Å². The van der Waals surface area contributed by atoms with Gasteiger partial charge in [-0.1, -0.05) is 18.2 Å². The van der Waals surface area contributed by atoms with Gasteiger partial charge in [0.05, 0.1) is 18.6 Å². The quantitative estimate of drug-likeness (QED) is 0.756. The monoisotopic (exact) mass is 200 g/mol. The number of hydrogen-bond donors (Lipinski definition) is 1. The number of rotatable bonds is 1. The first-order valence-corrected chi connectivity index (χ1v) is 5.14. The highest BCUT2D eigenvalue weighted by Crippen LogP contribution is 2.25. The third-order valence-electron chi connectivity index (χ3n) is 2.99. The Bertz CT molecular complexity index is 502. The summed E-state index contributed by atoms with van der Waals surface area (Å²) in [5.74, 6) is 0. The predicted octanol–water partition coefficient (Wildman–Crippen LogP) is 1.46. The fraction of sp³-hybridized carbons (Fsp3) is 0.250. The van der Waals surface area contributed by atoms with Crippen molar-refractivity contribution < 1.29 is 5.11 Å². The van der Waals surface area contributed by atoms with Crippen LogP contribution in [0.25, 0.3) is 5.69 Å². The fourth-order valence-electron chi connectivity index (χ4n) is 2.23. The van der Waals surface area contributed by atoms with Gasteiger partial charge in [0.1, 0.15) is 0 Å². The maximum atomic E-state index is 9.15. The lowest BCUT2D eigenvalue weighted by atomic mass is 10.0. The Morgan fingerprint density at radius 3 is 3.00 bits per heavy atom. The van der Waals surface area contributed by atoms with E-state index >= 15 is 0 Å². The topological polar surface area (TPSA) is 38.1 Å². The summed E-state index contributed by atoms with van der Waals surface area (Å²) in [4.78, 5) is 4.23. The molecular formula is C12H12N2O. The molecule has 2 aromatic rings. The van der Waals surface area contributed by atoms with E-state index in [1.54, 1.807) is 6.33 Å². The number of aliphatic hydroxyl groups excluding tert-OH is 1. The van der Waals surface area contributed by atoms with Crippen molar-refractivity contribution in [1.82, 2.24) is 9.55 Å². The van der Waals surface area contributed by atoms with Crippen LogP contribution in [-0.4, -0.2) is 14.7 Å². The average molecular weight is 200 g/mol. The molecule has 0 saturated carbocycles. The maximum Gasteiger partial charge on any atom is 0.0998 e. The molecule has 0 amide bonds. The van der Waals surface area contributed by atoms with E-state index in [0.29, 0.717) is 0 Å². The van der Waals surface area contributed by atoms with E-state index < -0.39 is 0 Å². The zero-order valence-electron chi connectivity index (χ0n) is 8.35. The molecule has 3 rings (SSSR count). The summed E-state index contributed by atoms with van der Waals surface area (Å²) < 4.78 is 2.09. The molecule has 1 N–H and O–H groups in total. The molecule has 15 heavy (non-hydrogen) atoms. The molecule has 1 aromatic carbocycles. The van der Waals surface area contributed by atoms with Crippen molar-refractivity contribution >= 4 is 0 Å². The van der Waals surface area contributed by atoms with E-state index in [2.05, 4.69) is 27.8 Å². The number of benzene rings is 1. The summed E-state index contributed by atoms with van der Waals surface area (Å²) in [6.07, 6.45) is 3.81. The van der Waals surface area contributed by atoms with Crippen LogP contribution in [0.15, 0.2) is 30.6 Å². The lowest BCUT2D eigenvalue weighted by Gasteiger charge is -2.19. The zero-order valence-corrected chi connectivity index (χ0v) is 8.35. The number of para-hydroxylation sites is 1. The third-order valence-corrected chi connectivity index (χ3v) is 2.99. The Kier molecular flexibility index (Phi) is 1.86. The van der Waals surface area contributed by atoms with Gasteiger partial charge in [-0.25, -0.2) is 4.98 Å². The van der Waals surface area contributed by atoms with E-state index in [1.165, 1.54) is 11.3 Å². The van der Waals surface area contributed by atoms with Gasteiger partial charge in [0.25, 0.3) is 0 Å². The second kappa shape index (κ2) is 3.21. The zero-order chi connectivity index (χ0) is 10.3. The largest absolute Gasteiger partial charge is 0.390 e. The molecule has 0 saturated heterocycles. The minimum Gasteiger partial charge on any atom is -0.390 e. The van der Waals surface area contributed by atoms with Gasteiger partial charge in [-0.15, -0.1) is 0 Å². The normalized spacial score (nSPS) is 13.4. The molecule has 1 aliphatic heterocycles. The molecule has 0 spiro atoms. The SMILES string of the molecule is OCc1ncn2c1CCc1ccccc1-2. The molecule has 3 heteroatoms. The van der Waals surface area contributed by atoms with Crippen molar-refractivity contribution in [2.75, 3.05) is 0 Å². The molecule has 0 aliphatic carbocycles. The van der Waals surface area contributed by atoms with Crippen LogP contribution in [0.4, 0.5) is 0 Å². The number of nitrogens with zero attached hydrogens (tertiary/aromatic N) is 2. The van der Waals surface area contributed by atoms with E-state index in [4.69, 9.17) is 5.11 Å². The van der Waals surface area contributed by atoms with Crippen LogP contribution in [0.1, 0.15) is 17.0 Å². The molecule has 0 atom stereocenters. The van der Waals surface area contributed by atoms with Crippen molar-refractivity contribution in [1.29, 1.82) is 0 Å². The summed E-state index contributed by atoms with van der Waals surface area (Å²) in [6.45, 7) is 0.0322. The number of aryl methyl sites for hydroxylation is 1. The summed E-state index contributed by atoms with van der Waals surface area (Å²) >= 11 is 0. The Morgan fingerprint density at radius 2 is 2.13 bits per heavy atom. The fourth-order valence-corrected chi connectivity index (χ4v) is 2.23. The summed E-state index contributed by atoms with van der Waals surface area (Å²) in [5.41, 5.74) is 4.51. The van der Waals surface area contributed by atoms with Crippen LogP contribution in [0.5, 0.6) is 0 Å². The molecule has 0 radical (unpaired) electrons. The van der Waals surface area contributed by atoms with Crippen molar-refractivity contribution in [2.45, 2.75) is 19.4 Å². The first-order valence-electron chi connectivity index (χ1n) is 5.14. The van der Waals surface area contributed by atoms with Crippen molar-refractivity contribution in [3.63, 3.8) is 0 Å². The highest BCUT2D eigenvalue weighted by molar-refractivity contribution is 5.46. The van der Waals surface area contributed by atoms with Crippen LogP contribution in [-0.2, 0) is 19.4 Å². The van der Waals surface area contributed by atoms with E-state index in [1.807, 2.05) is 6.07 Å². The minimum atomic E-state index is 0.0322. The first-order chi connectivity index (χ1) is 7.40. The number of hydrogen-bond acceptors (Lipinski definition) is 2. The van der Waals surface area contributed by atoms with Crippen LogP contribution in [0.3, 0.4) is 0 Å². The highest BCUT2D eigenvalue weighted by Gasteiger charge is 2.18. The number of aliphatic hydroxyl groups is 1. The van der Waals surface area contributed by atoms with Crippen molar-refractivity contribution in [3.8, 4) is 5.69 Å². The maximum absolute atomic E-state index is 9.15. The van der Waals surface area contributed by atoms with Crippen molar-refractivity contribution in [2.24, 2.45) is 0 Å². The minimum absolute atomic E-state index is 0.0322. The summed E-state index contributed by atoms with van der Waals surface area (Å²) in [6, 6.07) is 8.35. The Morgan fingerprint density at radius 1 is 1.27 bits per heavy atom. The molecule has 76 valence electrons. The summed E-state index contributed by atoms with van der Waals surface area (Å²) in [7, 11) is 0. The first kappa shape index (κ1) is 8.68. The second-order valence-corrected chi connectivity index (χ2v) is 3.79. The number of fused-ring (bicyclic) bond motifs is 3. The molecular weight excluding hydrogens is 188 g/mol. The van der Waals surface area contributed by atoms with E-state index in [9.17, 15) is 0 Å². The number of imidazole rings is 1. The second-order valence-electron chi connectivity index (χ2n) is 3.79. The molecule has 0 unspecified atom stereocenters. The van der Waals surface area contributed by atoms with E-state index in [0.717, 1.165) is 24.2 Å². The molecule has 2 heterocycles. The molecule has 0 bridgehead atoms. The van der Waals surface area contributed by atoms with Gasteiger partial charge in [0, 0.05) is 11.4 Å². The van der Waals surface area contributed by atoms with Gasteiger partial charge in [0.15, 0.2) is 0 Å². The molecule has 1 aromatic heterocycles. The highest BCUT2D eigenvalue weighted by atomic mass is 16.3. The van der Waals surface area contributed by atoms with Crippen LogP contribution < -0.4 is 0 Å². The van der Waals surface area contributed by atoms with Crippen molar-refractivity contribution in [3.05, 3.63) is 47.5 Å². The van der Waals surface area contributed by atoms with E-state index in [-0.39, 0.29) is 6.61 Å². The standard InChI is InChI=1S/C12H12N2O/c15-7-10-12-6-5-9-3-1-2-4-11(9)14(12)8-13-10/h1-4,8,15H,5-7H2. The Hall–Kier alpha value is -1.61. The Labute approximate surface area is 88.0 Å². The van der Waals surface area contributed by atoms with Gasteiger partial charge in [0.2, 0.25) is 0 Å². The lowest BCUT2D eigenvalue weighted by Crippen LogP contribution is -2.11. The average Bonchev–Trinajstić information content (AvgIpc) is 2.72. The smallest absolute Gasteiger partial charge is 0.0998 e. The van der Waals surface area contributed by atoms with Gasteiger partial charge >= 0.3 is 0 Å². The summed E-state index contributed by atoms with van der Waals surface area (Å²) in [5, 5.41) is 9.15. The van der Waals surface area contributed by atoms with Crippen LogP contribution in [0, 0.1) is 0 Å². The Balaban J connectivity index is 2.22. The number of aromatic nitrogens is 2. The van der Waals surface area contributed by atoms with Gasteiger partial charge in [-0.3, -0.25) is 0 Å². The van der Waals surface area contributed by atoms with Gasteiger partial charge in [-0.05, 0) is 24.5 Å². The van der Waals surface area contributed by atoms with Crippen LogP contribution in [0.2, 0.25) is 0 Å². The molecule has 0 fully saturated rings. The third kappa shape index (κ3) is 1.20. The molecule has 1 aliphatic rings. The lowest BCUT2D eigenvalue weighted by molar-refractivity contribution is 0.276. The molecule has 3 nitrogen and oxygen atoms in total. The van der Waals surface area contributed by atoms with Gasteiger partial charge in [-0.2, -0.15) is 0 Å².